The summed E-state index contributed by atoms with van der Waals surface area (Å²) in [5.74, 6) is -1.94. The van der Waals surface area contributed by atoms with Crippen LogP contribution in [0.1, 0.15) is 52.8 Å². The van der Waals surface area contributed by atoms with Gasteiger partial charge in [0.15, 0.2) is 0 Å². The van der Waals surface area contributed by atoms with E-state index in [1.54, 1.807) is 10.6 Å². The van der Waals surface area contributed by atoms with Crippen molar-refractivity contribution >= 4 is 28.3 Å². The van der Waals surface area contributed by atoms with Crippen LogP contribution in [0, 0.1) is 5.92 Å². The average molecular weight is 408 g/mol. The molecule has 2 atom stereocenters. The van der Waals surface area contributed by atoms with Crippen LogP contribution in [0.15, 0.2) is 35.7 Å². The molecule has 3 aromatic rings. The van der Waals surface area contributed by atoms with Crippen LogP contribution < -0.4 is 0 Å². The van der Waals surface area contributed by atoms with Crippen molar-refractivity contribution in [1.29, 1.82) is 0 Å². The predicted octanol–water partition coefficient (Wildman–Crippen LogP) is 5.68. The second kappa shape index (κ2) is 7.24. The van der Waals surface area contributed by atoms with Gasteiger partial charge in [0, 0.05) is 17.3 Å². The van der Waals surface area contributed by atoms with E-state index in [9.17, 15) is 23.1 Å². The van der Waals surface area contributed by atoms with E-state index in [4.69, 9.17) is 0 Å². The standard InChI is InChI=1S/C20H19F3N2O2S/c21-20(22,23)14-5-1-2-6-16(14)25-17-8-7-12(19(26)27)10-15(17)24-18(25)11-13-4-3-9-28-13/h3-4,7-10,14,16H,1-2,5-6,11H2,(H,26,27). The van der Waals surface area contributed by atoms with E-state index in [1.807, 2.05) is 17.5 Å². The number of alkyl halides is 3. The number of carboxylic acid groups (broad SMARTS) is 1. The summed E-state index contributed by atoms with van der Waals surface area (Å²) in [6, 6.07) is 7.57. The lowest BCUT2D eigenvalue weighted by atomic mass is 9.83. The van der Waals surface area contributed by atoms with Crippen LogP contribution in [-0.2, 0) is 6.42 Å². The van der Waals surface area contributed by atoms with Crippen LogP contribution >= 0.6 is 11.3 Å². The number of aromatic carboxylic acids is 1. The fourth-order valence-electron chi connectivity index (χ4n) is 4.15. The van der Waals surface area contributed by atoms with Crippen molar-refractivity contribution in [2.24, 2.45) is 5.92 Å². The molecule has 0 radical (unpaired) electrons. The molecule has 2 unspecified atom stereocenters. The number of carbonyl (C=O) groups is 1. The van der Waals surface area contributed by atoms with E-state index < -0.39 is 24.1 Å². The van der Waals surface area contributed by atoms with Crippen LogP contribution in [-0.4, -0.2) is 26.8 Å². The Hall–Kier alpha value is -2.35. The van der Waals surface area contributed by atoms with E-state index in [2.05, 4.69) is 4.98 Å². The fourth-order valence-corrected chi connectivity index (χ4v) is 4.85. The molecule has 4 nitrogen and oxygen atoms in total. The van der Waals surface area contributed by atoms with Crippen molar-refractivity contribution in [1.82, 2.24) is 9.55 Å². The summed E-state index contributed by atoms with van der Waals surface area (Å²) in [5, 5.41) is 11.2. The Morgan fingerprint density at radius 1 is 1.25 bits per heavy atom. The minimum atomic E-state index is -4.27. The zero-order valence-corrected chi connectivity index (χ0v) is 15.8. The zero-order valence-electron chi connectivity index (χ0n) is 14.9. The van der Waals surface area contributed by atoms with E-state index in [1.165, 1.54) is 23.5 Å². The summed E-state index contributed by atoms with van der Waals surface area (Å²) in [7, 11) is 0. The topological polar surface area (TPSA) is 55.1 Å². The zero-order chi connectivity index (χ0) is 19.9. The van der Waals surface area contributed by atoms with Crippen LogP contribution in [0.3, 0.4) is 0 Å². The number of hydrogen-bond donors (Lipinski definition) is 1. The molecule has 0 spiro atoms. The van der Waals surface area contributed by atoms with Crippen molar-refractivity contribution in [2.75, 3.05) is 0 Å². The van der Waals surface area contributed by atoms with Gasteiger partial charge in [-0.15, -0.1) is 11.3 Å². The molecule has 1 fully saturated rings. The number of aromatic nitrogens is 2. The molecule has 2 aromatic heterocycles. The highest BCUT2D eigenvalue weighted by atomic mass is 32.1. The van der Waals surface area contributed by atoms with Crippen molar-refractivity contribution in [3.8, 4) is 0 Å². The lowest BCUT2D eigenvalue weighted by molar-refractivity contribution is -0.193. The third-order valence-corrected chi connectivity index (χ3v) is 6.28. The Kier molecular flexibility index (Phi) is 4.91. The van der Waals surface area contributed by atoms with Gasteiger partial charge in [-0.3, -0.25) is 0 Å². The van der Waals surface area contributed by atoms with Gasteiger partial charge >= 0.3 is 12.1 Å². The molecule has 28 heavy (non-hydrogen) atoms. The molecule has 1 saturated carbocycles. The maximum Gasteiger partial charge on any atom is 0.393 e. The average Bonchev–Trinajstić information content (AvgIpc) is 3.27. The van der Waals surface area contributed by atoms with Crippen LogP contribution in [0.25, 0.3) is 11.0 Å². The number of thiophene rings is 1. The van der Waals surface area contributed by atoms with Crippen molar-refractivity contribution < 1.29 is 23.1 Å². The number of nitrogens with zero attached hydrogens (tertiary/aromatic N) is 2. The maximum atomic E-state index is 13.8. The molecule has 2 heterocycles. The Labute approximate surface area is 163 Å². The monoisotopic (exact) mass is 408 g/mol. The summed E-state index contributed by atoms with van der Waals surface area (Å²) in [5.41, 5.74) is 1.08. The van der Waals surface area contributed by atoms with Gasteiger partial charge in [0.25, 0.3) is 0 Å². The van der Waals surface area contributed by atoms with Crippen molar-refractivity contribution in [3.05, 3.63) is 52.0 Å². The molecule has 1 aliphatic carbocycles. The Morgan fingerprint density at radius 3 is 2.71 bits per heavy atom. The molecule has 0 aliphatic heterocycles. The normalized spacial score (nSPS) is 20.5. The van der Waals surface area contributed by atoms with Crippen molar-refractivity contribution in [3.63, 3.8) is 0 Å². The fraction of sp³-hybridized carbons (Fsp3) is 0.400. The minimum absolute atomic E-state index is 0.0795. The minimum Gasteiger partial charge on any atom is -0.478 e. The first-order valence-electron chi connectivity index (χ1n) is 9.18. The number of rotatable bonds is 4. The SMILES string of the molecule is O=C(O)c1ccc2c(c1)nc(Cc1cccs1)n2C1CCCCC1C(F)(F)F. The highest BCUT2D eigenvalue weighted by Crippen LogP contribution is 2.45. The second-order valence-corrected chi connectivity index (χ2v) is 8.19. The molecule has 0 bridgehead atoms. The van der Waals surface area contributed by atoms with E-state index >= 15 is 0 Å². The Morgan fingerprint density at radius 2 is 2.04 bits per heavy atom. The van der Waals surface area contributed by atoms with Gasteiger partial charge < -0.3 is 9.67 Å². The van der Waals surface area contributed by atoms with Gasteiger partial charge in [-0.25, -0.2) is 9.78 Å². The summed E-state index contributed by atoms with van der Waals surface area (Å²) >= 11 is 1.53. The number of halogens is 3. The molecule has 1 aliphatic rings. The van der Waals surface area contributed by atoms with Gasteiger partial charge in [-0.1, -0.05) is 18.9 Å². The van der Waals surface area contributed by atoms with Gasteiger partial charge in [0.1, 0.15) is 5.82 Å². The smallest absolute Gasteiger partial charge is 0.393 e. The van der Waals surface area contributed by atoms with E-state index in [-0.39, 0.29) is 12.0 Å². The largest absolute Gasteiger partial charge is 0.478 e. The van der Waals surface area contributed by atoms with E-state index in [0.717, 1.165) is 11.3 Å². The molecule has 1 aromatic carbocycles. The maximum absolute atomic E-state index is 13.8. The van der Waals surface area contributed by atoms with Crippen LogP contribution in [0.5, 0.6) is 0 Å². The number of hydrogen-bond acceptors (Lipinski definition) is 3. The Balaban J connectivity index is 1.87. The number of fused-ring (bicyclic) bond motifs is 1. The van der Waals surface area contributed by atoms with Gasteiger partial charge in [0.05, 0.1) is 22.5 Å². The number of benzene rings is 1. The first kappa shape index (κ1) is 19.0. The lowest BCUT2D eigenvalue weighted by Gasteiger charge is -2.35. The Bertz CT molecular complexity index is 995. The van der Waals surface area contributed by atoms with Gasteiger partial charge in [0.2, 0.25) is 0 Å². The molecular formula is C20H19F3N2O2S. The van der Waals surface area contributed by atoms with Crippen LogP contribution in [0.4, 0.5) is 13.2 Å². The molecule has 8 heteroatoms. The molecular weight excluding hydrogens is 389 g/mol. The first-order valence-corrected chi connectivity index (χ1v) is 10.1. The highest BCUT2D eigenvalue weighted by molar-refractivity contribution is 7.09. The molecule has 0 amide bonds. The molecule has 4 rings (SSSR count). The summed E-state index contributed by atoms with van der Waals surface area (Å²) in [4.78, 5) is 16.9. The number of imidazole rings is 1. The summed E-state index contributed by atoms with van der Waals surface area (Å²) in [6.07, 6.45) is -1.99. The van der Waals surface area contributed by atoms with Crippen LogP contribution in [0.2, 0.25) is 0 Å². The number of carboxylic acids is 1. The third kappa shape index (κ3) is 3.53. The second-order valence-electron chi connectivity index (χ2n) is 7.16. The predicted molar refractivity (Wildman–Crippen MR) is 101 cm³/mol. The molecule has 148 valence electrons. The van der Waals surface area contributed by atoms with Gasteiger partial charge in [-0.05, 0) is 42.5 Å². The van der Waals surface area contributed by atoms with Crippen molar-refractivity contribution in [2.45, 2.75) is 44.3 Å². The summed E-state index contributed by atoms with van der Waals surface area (Å²) < 4.78 is 43.0. The lowest BCUT2D eigenvalue weighted by Crippen LogP contribution is -2.35. The van der Waals surface area contributed by atoms with E-state index in [0.29, 0.717) is 36.1 Å². The first-order chi connectivity index (χ1) is 13.3. The third-order valence-electron chi connectivity index (χ3n) is 5.40. The summed E-state index contributed by atoms with van der Waals surface area (Å²) in [6.45, 7) is 0. The molecule has 0 saturated heterocycles. The molecule has 1 N–H and O–H groups in total. The quantitative estimate of drug-likeness (QED) is 0.604. The van der Waals surface area contributed by atoms with Gasteiger partial charge in [-0.2, -0.15) is 13.2 Å². The highest BCUT2D eigenvalue weighted by Gasteiger charge is 2.47.